The Balaban J connectivity index is 2.17. The number of hydrogen-bond acceptors (Lipinski definition) is 2. The fraction of sp³-hybridized carbons (Fsp3) is 0.235. The summed E-state index contributed by atoms with van der Waals surface area (Å²) in [5, 5.41) is 12.7. The van der Waals surface area contributed by atoms with Crippen LogP contribution in [0.25, 0.3) is 0 Å². The summed E-state index contributed by atoms with van der Waals surface area (Å²) in [6.45, 7) is 7.08. The van der Waals surface area contributed by atoms with Gasteiger partial charge in [-0.3, -0.25) is 0 Å². The lowest BCUT2D eigenvalue weighted by molar-refractivity contribution is 1.10. The molecular weight excluding hydrogens is 268 g/mol. The zero-order chi connectivity index (χ0) is 14.7. The molecule has 0 atom stereocenters. The van der Waals surface area contributed by atoms with Gasteiger partial charge in [0, 0.05) is 6.54 Å². The second-order valence-electron chi connectivity index (χ2n) is 5.02. The molecule has 0 saturated heterocycles. The topological polar surface area (TPSA) is 35.8 Å². The van der Waals surface area contributed by atoms with Crippen LogP contribution >= 0.6 is 11.6 Å². The monoisotopic (exact) mass is 284 g/mol. The van der Waals surface area contributed by atoms with E-state index in [2.05, 4.69) is 44.3 Å². The van der Waals surface area contributed by atoms with Crippen LogP contribution in [0.2, 0.25) is 5.02 Å². The third-order valence-corrected chi connectivity index (χ3v) is 3.83. The van der Waals surface area contributed by atoms with Crippen molar-refractivity contribution < 1.29 is 0 Å². The Morgan fingerprint density at radius 1 is 1.05 bits per heavy atom. The first-order valence-electron chi connectivity index (χ1n) is 6.51. The summed E-state index contributed by atoms with van der Waals surface area (Å²) in [5.74, 6) is 0. The SMILES string of the molecule is Cc1cc(C)c(CNc2ccc(C#N)cc2Cl)cc1C. The summed E-state index contributed by atoms with van der Waals surface area (Å²) >= 11 is 6.16. The third-order valence-electron chi connectivity index (χ3n) is 3.52. The Morgan fingerprint density at radius 3 is 2.40 bits per heavy atom. The predicted octanol–water partition coefficient (Wildman–Crippen LogP) is 4.75. The number of halogens is 1. The van der Waals surface area contributed by atoms with Gasteiger partial charge >= 0.3 is 0 Å². The van der Waals surface area contributed by atoms with Crippen molar-refractivity contribution in [1.29, 1.82) is 5.26 Å². The Labute approximate surface area is 125 Å². The van der Waals surface area contributed by atoms with Crippen molar-refractivity contribution in [3.05, 3.63) is 63.2 Å². The molecule has 0 unspecified atom stereocenters. The zero-order valence-corrected chi connectivity index (χ0v) is 12.7. The molecule has 3 heteroatoms. The van der Waals surface area contributed by atoms with Crippen molar-refractivity contribution in [2.45, 2.75) is 27.3 Å². The summed E-state index contributed by atoms with van der Waals surface area (Å²) < 4.78 is 0. The molecule has 0 fully saturated rings. The van der Waals surface area contributed by atoms with Gasteiger partial charge in [0.05, 0.1) is 22.3 Å². The van der Waals surface area contributed by atoms with E-state index in [1.807, 2.05) is 6.07 Å². The second-order valence-corrected chi connectivity index (χ2v) is 5.43. The lowest BCUT2D eigenvalue weighted by Crippen LogP contribution is -2.03. The molecule has 1 N–H and O–H groups in total. The van der Waals surface area contributed by atoms with E-state index in [4.69, 9.17) is 16.9 Å². The van der Waals surface area contributed by atoms with Gasteiger partial charge in [-0.1, -0.05) is 23.7 Å². The van der Waals surface area contributed by atoms with E-state index in [0.29, 0.717) is 10.6 Å². The van der Waals surface area contributed by atoms with Gasteiger partial charge in [-0.05, 0) is 61.2 Å². The number of hydrogen-bond donors (Lipinski definition) is 1. The minimum absolute atomic E-state index is 0.572. The lowest BCUT2D eigenvalue weighted by Gasteiger charge is -2.13. The molecule has 2 aromatic carbocycles. The fourth-order valence-corrected chi connectivity index (χ4v) is 2.38. The van der Waals surface area contributed by atoms with Crippen molar-refractivity contribution in [2.75, 3.05) is 5.32 Å². The van der Waals surface area contributed by atoms with E-state index >= 15 is 0 Å². The van der Waals surface area contributed by atoms with Crippen LogP contribution in [0.5, 0.6) is 0 Å². The van der Waals surface area contributed by atoms with E-state index in [-0.39, 0.29) is 0 Å². The molecular formula is C17H17ClN2. The number of benzene rings is 2. The smallest absolute Gasteiger partial charge is 0.0992 e. The third kappa shape index (κ3) is 3.12. The van der Waals surface area contributed by atoms with Crippen LogP contribution < -0.4 is 5.32 Å². The van der Waals surface area contributed by atoms with Crippen molar-refractivity contribution in [3.63, 3.8) is 0 Å². The van der Waals surface area contributed by atoms with Gasteiger partial charge in [-0.2, -0.15) is 5.26 Å². The van der Waals surface area contributed by atoms with Crippen LogP contribution in [0.1, 0.15) is 27.8 Å². The molecule has 2 nitrogen and oxygen atoms in total. The normalized spacial score (nSPS) is 10.2. The van der Waals surface area contributed by atoms with Gasteiger partial charge in [0.15, 0.2) is 0 Å². The maximum Gasteiger partial charge on any atom is 0.0992 e. The highest BCUT2D eigenvalue weighted by molar-refractivity contribution is 6.33. The second kappa shape index (κ2) is 5.98. The zero-order valence-electron chi connectivity index (χ0n) is 11.9. The average Bonchev–Trinajstić information content (AvgIpc) is 2.42. The molecule has 0 bridgehead atoms. The summed E-state index contributed by atoms with van der Waals surface area (Å²) in [5.41, 5.74) is 6.55. The summed E-state index contributed by atoms with van der Waals surface area (Å²) in [6, 6.07) is 11.8. The first-order valence-corrected chi connectivity index (χ1v) is 6.89. The van der Waals surface area contributed by atoms with Gasteiger partial charge in [-0.25, -0.2) is 0 Å². The van der Waals surface area contributed by atoms with Crippen molar-refractivity contribution in [3.8, 4) is 6.07 Å². The largest absolute Gasteiger partial charge is 0.380 e. The van der Waals surface area contributed by atoms with E-state index in [1.165, 1.54) is 22.3 Å². The molecule has 0 aromatic heterocycles. The van der Waals surface area contributed by atoms with Crippen molar-refractivity contribution in [1.82, 2.24) is 0 Å². The molecule has 0 aliphatic rings. The van der Waals surface area contributed by atoms with Crippen LogP contribution in [-0.4, -0.2) is 0 Å². The fourth-order valence-electron chi connectivity index (χ4n) is 2.13. The molecule has 0 saturated carbocycles. The predicted molar refractivity (Wildman–Crippen MR) is 84.1 cm³/mol. The summed E-state index contributed by atoms with van der Waals surface area (Å²) in [6.07, 6.45) is 0. The number of rotatable bonds is 3. The van der Waals surface area contributed by atoms with Gasteiger partial charge in [0.1, 0.15) is 0 Å². The molecule has 0 radical (unpaired) electrons. The molecule has 0 spiro atoms. The van der Waals surface area contributed by atoms with Gasteiger partial charge in [-0.15, -0.1) is 0 Å². The standard InChI is InChI=1S/C17H17ClN2/c1-11-6-13(3)15(7-12(11)2)10-20-17-5-4-14(9-19)8-16(17)18/h4-8,20H,10H2,1-3H3. The molecule has 0 aliphatic heterocycles. The minimum Gasteiger partial charge on any atom is -0.380 e. The molecule has 20 heavy (non-hydrogen) atoms. The van der Waals surface area contributed by atoms with Crippen LogP contribution in [0.3, 0.4) is 0 Å². The molecule has 102 valence electrons. The number of nitriles is 1. The van der Waals surface area contributed by atoms with Gasteiger partial charge in [0.25, 0.3) is 0 Å². The highest BCUT2D eigenvalue weighted by Gasteiger charge is 2.05. The van der Waals surface area contributed by atoms with Crippen molar-refractivity contribution >= 4 is 17.3 Å². The van der Waals surface area contributed by atoms with E-state index in [0.717, 1.165) is 12.2 Å². The Morgan fingerprint density at radius 2 is 1.75 bits per heavy atom. The number of nitrogens with zero attached hydrogens (tertiary/aromatic N) is 1. The van der Waals surface area contributed by atoms with Gasteiger partial charge in [0.2, 0.25) is 0 Å². The first kappa shape index (κ1) is 14.4. The molecule has 2 rings (SSSR count). The number of anilines is 1. The maximum absolute atomic E-state index is 8.82. The number of aryl methyl sites for hydroxylation is 3. The van der Waals surface area contributed by atoms with E-state index < -0.39 is 0 Å². The minimum atomic E-state index is 0.572. The Bertz CT molecular complexity index is 684. The van der Waals surface area contributed by atoms with Crippen molar-refractivity contribution in [2.24, 2.45) is 0 Å². The molecule has 2 aromatic rings. The molecule has 0 amide bonds. The van der Waals surface area contributed by atoms with E-state index in [9.17, 15) is 0 Å². The van der Waals surface area contributed by atoms with Crippen LogP contribution in [0.15, 0.2) is 30.3 Å². The highest BCUT2D eigenvalue weighted by atomic mass is 35.5. The maximum atomic E-state index is 8.82. The molecule has 0 aliphatic carbocycles. The van der Waals surface area contributed by atoms with Crippen LogP contribution in [0.4, 0.5) is 5.69 Å². The highest BCUT2D eigenvalue weighted by Crippen LogP contribution is 2.24. The summed E-state index contributed by atoms with van der Waals surface area (Å²) in [7, 11) is 0. The van der Waals surface area contributed by atoms with Crippen LogP contribution in [-0.2, 0) is 6.54 Å². The number of nitrogens with one attached hydrogen (secondary N) is 1. The van der Waals surface area contributed by atoms with E-state index in [1.54, 1.807) is 12.1 Å². The Hall–Kier alpha value is -1.98. The quantitative estimate of drug-likeness (QED) is 0.883. The first-order chi connectivity index (χ1) is 9.51. The summed E-state index contributed by atoms with van der Waals surface area (Å²) in [4.78, 5) is 0. The van der Waals surface area contributed by atoms with Crippen LogP contribution in [0, 0.1) is 32.1 Å². The average molecular weight is 285 g/mol. The Kier molecular flexibility index (Phi) is 4.32. The lowest BCUT2D eigenvalue weighted by atomic mass is 10.0. The van der Waals surface area contributed by atoms with Gasteiger partial charge < -0.3 is 5.32 Å². The molecule has 0 heterocycles.